The second-order valence-electron chi connectivity index (χ2n) is 5.76. The highest BCUT2D eigenvalue weighted by molar-refractivity contribution is 5.96. The Morgan fingerprint density at radius 1 is 1.36 bits per heavy atom. The van der Waals surface area contributed by atoms with E-state index in [0.29, 0.717) is 25.7 Å². The van der Waals surface area contributed by atoms with E-state index in [-0.39, 0.29) is 11.9 Å². The second-order valence-corrected chi connectivity index (χ2v) is 5.76. The molecular formula is C16H21N3O3. The lowest BCUT2D eigenvalue weighted by molar-refractivity contribution is -0.129. The molecule has 0 radical (unpaired) electrons. The van der Waals surface area contributed by atoms with Crippen molar-refractivity contribution in [2.75, 3.05) is 26.7 Å². The number of rotatable bonds is 6. The van der Waals surface area contributed by atoms with Gasteiger partial charge in [-0.05, 0) is 30.5 Å². The highest BCUT2D eigenvalue weighted by Crippen LogP contribution is 2.28. The van der Waals surface area contributed by atoms with Crippen molar-refractivity contribution in [1.29, 1.82) is 0 Å². The summed E-state index contributed by atoms with van der Waals surface area (Å²) < 4.78 is 5.16. The predicted octanol–water partition coefficient (Wildman–Crippen LogP) is 1.21. The van der Waals surface area contributed by atoms with Gasteiger partial charge in [0.2, 0.25) is 5.91 Å². The Morgan fingerprint density at radius 2 is 2.09 bits per heavy atom. The summed E-state index contributed by atoms with van der Waals surface area (Å²) in [4.78, 5) is 27.3. The van der Waals surface area contributed by atoms with Crippen molar-refractivity contribution in [1.82, 2.24) is 15.1 Å². The van der Waals surface area contributed by atoms with Gasteiger partial charge in [0.1, 0.15) is 5.75 Å². The van der Waals surface area contributed by atoms with Crippen molar-refractivity contribution < 1.29 is 14.3 Å². The van der Waals surface area contributed by atoms with E-state index >= 15 is 0 Å². The summed E-state index contributed by atoms with van der Waals surface area (Å²) >= 11 is 0. The van der Waals surface area contributed by atoms with E-state index in [0.717, 1.165) is 30.7 Å². The lowest BCUT2D eigenvalue weighted by atomic mass is 10.2. The minimum Gasteiger partial charge on any atom is -0.497 e. The molecule has 0 aromatic heterocycles. The SMILES string of the molecule is COc1ccc(CN(CC(=O)N2CCNC2=O)C2CC2)cc1. The number of urea groups is 1. The van der Waals surface area contributed by atoms with Gasteiger partial charge in [0.15, 0.2) is 0 Å². The van der Waals surface area contributed by atoms with Gasteiger partial charge in [-0.2, -0.15) is 0 Å². The highest BCUT2D eigenvalue weighted by atomic mass is 16.5. The molecule has 2 fully saturated rings. The van der Waals surface area contributed by atoms with E-state index in [1.807, 2.05) is 24.3 Å². The molecule has 0 bridgehead atoms. The molecule has 6 nitrogen and oxygen atoms in total. The molecule has 1 heterocycles. The Hall–Kier alpha value is -2.08. The van der Waals surface area contributed by atoms with Crippen molar-refractivity contribution in [2.45, 2.75) is 25.4 Å². The minimum absolute atomic E-state index is 0.115. The number of amides is 3. The molecule has 3 rings (SSSR count). The van der Waals surface area contributed by atoms with Gasteiger partial charge in [-0.3, -0.25) is 14.6 Å². The van der Waals surface area contributed by atoms with Crippen molar-refractivity contribution in [3.8, 4) is 5.75 Å². The van der Waals surface area contributed by atoms with Gasteiger partial charge in [-0.25, -0.2) is 4.79 Å². The maximum Gasteiger partial charge on any atom is 0.324 e. The standard InChI is InChI=1S/C16H21N3O3/c1-22-14-6-2-12(3-7-14)10-18(13-4-5-13)11-15(20)19-9-8-17-16(19)21/h2-3,6-7,13H,4-5,8-11H2,1H3,(H,17,21). The summed E-state index contributed by atoms with van der Waals surface area (Å²) in [5.74, 6) is 0.710. The molecule has 0 atom stereocenters. The number of carbonyl (C=O) groups is 2. The van der Waals surface area contributed by atoms with E-state index in [2.05, 4.69) is 10.2 Å². The number of methoxy groups -OCH3 is 1. The fourth-order valence-corrected chi connectivity index (χ4v) is 2.69. The number of benzene rings is 1. The van der Waals surface area contributed by atoms with Crippen molar-refractivity contribution >= 4 is 11.9 Å². The van der Waals surface area contributed by atoms with E-state index in [1.54, 1.807) is 7.11 Å². The maximum atomic E-state index is 12.3. The van der Waals surface area contributed by atoms with Crippen LogP contribution in [0.5, 0.6) is 5.75 Å². The van der Waals surface area contributed by atoms with Gasteiger partial charge in [-0.1, -0.05) is 12.1 Å². The van der Waals surface area contributed by atoms with Crippen LogP contribution in [0, 0.1) is 0 Å². The average Bonchev–Trinajstić information content (AvgIpc) is 3.29. The molecule has 3 amide bonds. The zero-order chi connectivity index (χ0) is 15.5. The molecule has 1 N–H and O–H groups in total. The van der Waals surface area contributed by atoms with Crippen LogP contribution in [0.3, 0.4) is 0 Å². The van der Waals surface area contributed by atoms with Crippen LogP contribution in [0.2, 0.25) is 0 Å². The van der Waals surface area contributed by atoms with E-state index in [4.69, 9.17) is 4.74 Å². The molecule has 1 saturated heterocycles. The molecule has 1 aromatic rings. The minimum atomic E-state index is -0.273. The molecule has 1 aliphatic heterocycles. The fourth-order valence-electron chi connectivity index (χ4n) is 2.69. The first kappa shape index (κ1) is 14.8. The Balaban J connectivity index is 1.62. The Kier molecular flexibility index (Phi) is 4.29. The van der Waals surface area contributed by atoms with Gasteiger partial charge in [0, 0.05) is 25.7 Å². The zero-order valence-corrected chi connectivity index (χ0v) is 12.7. The Morgan fingerprint density at radius 3 is 2.64 bits per heavy atom. The van der Waals surface area contributed by atoms with Crippen molar-refractivity contribution in [3.63, 3.8) is 0 Å². The topological polar surface area (TPSA) is 61.9 Å². The van der Waals surface area contributed by atoms with Crippen LogP contribution in [-0.2, 0) is 11.3 Å². The van der Waals surface area contributed by atoms with Crippen molar-refractivity contribution in [2.24, 2.45) is 0 Å². The molecule has 0 unspecified atom stereocenters. The second kappa shape index (κ2) is 6.36. The largest absolute Gasteiger partial charge is 0.497 e. The first-order valence-electron chi connectivity index (χ1n) is 7.62. The monoisotopic (exact) mass is 303 g/mol. The molecule has 22 heavy (non-hydrogen) atoms. The normalized spacial score (nSPS) is 17.7. The van der Waals surface area contributed by atoms with Crippen LogP contribution in [-0.4, -0.2) is 54.5 Å². The van der Waals surface area contributed by atoms with Crippen LogP contribution in [0.15, 0.2) is 24.3 Å². The Labute approximate surface area is 130 Å². The summed E-state index contributed by atoms with van der Waals surface area (Å²) in [6.07, 6.45) is 2.24. The molecule has 0 spiro atoms. The van der Waals surface area contributed by atoms with Crippen LogP contribution in [0.25, 0.3) is 0 Å². The summed E-state index contributed by atoms with van der Waals surface area (Å²) in [5.41, 5.74) is 1.14. The number of nitrogens with one attached hydrogen (secondary N) is 1. The third-order valence-electron chi connectivity index (χ3n) is 4.10. The highest BCUT2D eigenvalue weighted by Gasteiger charge is 2.33. The quantitative estimate of drug-likeness (QED) is 0.858. The fraction of sp³-hybridized carbons (Fsp3) is 0.500. The molecular weight excluding hydrogens is 282 g/mol. The lowest BCUT2D eigenvalue weighted by Crippen LogP contribution is -2.42. The zero-order valence-electron chi connectivity index (χ0n) is 12.7. The van der Waals surface area contributed by atoms with E-state index in [9.17, 15) is 9.59 Å². The van der Waals surface area contributed by atoms with Crippen LogP contribution in [0.4, 0.5) is 4.79 Å². The molecule has 1 aromatic carbocycles. The van der Waals surface area contributed by atoms with Gasteiger partial charge in [0.05, 0.1) is 13.7 Å². The molecule has 1 aliphatic carbocycles. The van der Waals surface area contributed by atoms with Crippen LogP contribution >= 0.6 is 0 Å². The van der Waals surface area contributed by atoms with Gasteiger partial charge in [0.25, 0.3) is 0 Å². The summed E-state index contributed by atoms with van der Waals surface area (Å²) in [6, 6.07) is 8.07. The maximum absolute atomic E-state index is 12.3. The summed E-state index contributed by atoms with van der Waals surface area (Å²) in [6.45, 7) is 2.03. The van der Waals surface area contributed by atoms with Crippen molar-refractivity contribution in [3.05, 3.63) is 29.8 Å². The van der Waals surface area contributed by atoms with Crippen LogP contribution in [0.1, 0.15) is 18.4 Å². The van der Waals surface area contributed by atoms with Gasteiger partial charge < -0.3 is 10.1 Å². The lowest BCUT2D eigenvalue weighted by Gasteiger charge is -2.23. The number of imide groups is 1. The Bertz CT molecular complexity index is 554. The van der Waals surface area contributed by atoms with E-state index in [1.165, 1.54) is 4.90 Å². The number of carbonyl (C=O) groups excluding carboxylic acids is 2. The molecule has 118 valence electrons. The molecule has 2 aliphatic rings. The number of ether oxygens (including phenoxy) is 1. The number of nitrogens with zero attached hydrogens (tertiary/aromatic N) is 2. The summed E-state index contributed by atoms with van der Waals surface area (Å²) in [7, 11) is 1.64. The average molecular weight is 303 g/mol. The third kappa shape index (κ3) is 3.39. The molecule has 1 saturated carbocycles. The van der Waals surface area contributed by atoms with E-state index < -0.39 is 0 Å². The summed E-state index contributed by atoms with van der Waals surface area (Å²) in [5, 5.41) is 2.66. The van der Waals surface area contributed by atoms with Crippen LogP contribution < -0.4 is 10.1 Å². The molecule has 6 heteroatoms. The predicted molar refractivity (Wildman–Crippen MR) is 81.5 cm³/mol. The number of hydrogen-bond donors (Lipinski definition) is 1. The smallest absolute Gasteiger partial charge is 0.324 e. The first-order chi connectivity index (χ1) is 10.7. The first-order valence-corrected chi connectivity index (χ1v) is 7.62. The number of hydrogen-bond acceptors (Lipinski definition) is 4. The van der Waals surface area contributed by atoms with Gasteiger partial charge >= 0.3 is 6.03 Å². The van der Waals surface area contributed by atoms with Gasteiger partial charge in [-0.15, -0.1) is 0 Å². The third-order valence-corrected chi connectivity index (χ3v) is 4.10.